The number of nitrogens with one attached hydrogen (secondary N) is 2. The zero-order chi connectivity index (χ0) is 25.3. The highest BCUT2D eigenvalue weighted by atomic mass is 16.6. The van der Waals surface area contributed by atoms with Crippen molar-refractivity contribution in [3.8, 4) is 0 Å². The fourth-order valence-corrected chi connectivity index (χ4v) is 4.86. The van der Waals surface area contributed by atoms with Crippen LogP contribution in [0.2, 0.25) is 0 Å². The molecule has 5 atom stereocenters. The van der Waals surface area contributed by atoms with Crippen LogP contribution in [0.4, 0.5) is 4.79 Å². The molecule has 0 bridgehead atoms. The zero-order valence-corrected chi connectivity index (χ0v) is 20.2. The van der Waals surface area contributed by atoms with Gasteiger partial charge >= 0.3 is 12.1 Å². The molecule has 10 nitrogen and oxygen atoms in total. The average molecular weight is 479 g/mol. The second kappa shape index (κ2) is 9.85. The maximum atomic E-state index is 13.6. The van der Waals surface area contributed by atoms with Gasteiger partial charge in [-0.15, -0.1) is 6.58 Å². The highest BCUT2D eigenvalue weighted by Gasteiger charge is 2.68. The fraction of sp³-hybridized carbons (Fsp3) is 0.708. The van der Waals surface area contributed by atoms with E-state index in [1.807, 2.05) is 0 Å². The summed E-state index contributed by atoms with van der Waals surface area (Å²) in [6.07, 6.45) is 3.71. The van der Waals surface area contributed by atoms with Gasteiger partial charge in [0, 0.05) is 18.9 Å². The van der Waals surface area contributed by atoms with Crippen LogP contribution in [0.25, 0.3) is 0 Å². The molecule has 1 unspecified atom stereocenters. The average Bonchev–Trinajstić information content (AvgIpc) is 3.07. The first-order valence-electron chi connectivity index (χ1n) is 11.8. The number of rotatable bonds is 7. The van der Waals surface area contributed by atoms with E-state index in [4.69, 9.17) is 4.74 Å². The number of hydrogen-bond donors (Lipinski definition) is 3. The van der Waals surface area contributed by atoms with Crippen LogP contribution < -0.4 is 10.6 Å². The van der Waals surface area contributed by atoms with Crippen molar-refractivity contribution in [1.82, 2.24) is 15.5 Å². The molecule has 3 rings (SSSR count). The van der Waals surface area contributed by atoms with Gasteiger partial charge in [-0.25, -0.2) is 4.79 Å². The molecule has 3 N–H and O–H groups in total. The Morgan fingerprint density at radius 1 is 1.24 bits per heavy atom. The van der Waals surface area contributed by atoms with Crippen molar-refractivity contribution in [3.63, 3.8) is 0 Å². The summed E-state index contributed by atoms with van der Waals surface area (Å²) < 4.78 is 10.1. The molecule has 0 aromatic heterocycles. The standard InChI is InChI=1S/C24H35N3O7/c1-6-14-12-24(14,21(31)33-5)26-19(29)17-11-15(28)13-27(17)20(30)18(23(2,3)4)25-22(32)34-16-9-7-8-10-16/h6,14-18,28H,1,5,7-13H2,2-4H3,(H-,25,26,29,32)/p+1/t14?,15-,17-,18+,24+/m0/s1. The first-order chi connectivity index (χ1) is 15.9. The predicted octanol–water partition coefficient (Wildman–Crippen LogP) is 0.984. The van der Waals surface area contributed by atoms with Gasteiger partial charge in [-0.3, -0.25) is 14.0 Å². The van der Waals surface area contributed by atoms with Crippen molar-refractivity contribution in [1.29, 1.82) is 0 Å². The summed E-state index contributed by atoms with van der Waals surface area (Å²) in [7, 11) is 0. The normalized spacial score (nSPS) is 29.8. The van der Waals surface area contributed by atoms with E-state index in [0.717, 1.165) is 25.7 Å². The fourth-order valence-electron chi connectivity index (χ4n) is 4.86. The SMILES string of the molecule is C=CC1C[C@]1(NC(=O)[C@@H]1C[C@H](O)CN1C(=O)[C@@H](NC(=O)OC1CCCC1)C(C)(C)C)C(=O)[O+]=C. The first-order valence-corrected chi connectivity index (χ1v) is 11.8. The third-order valence-corrected chi connectivity index (χ3v) is 6.96. The summed E-state index contributed by atoms with van der Waals surface area (Å²) in [6.45, 7) is 12.1. The maximum Gasteiger partial charge on any atom is 0.605 e. The molecule has 0 aromatic rings. The Hall–Kier alpha value is -2.75. The van der Waals surface area contributed by atoms with E-state index >= 15 is 0 Å². The van der Waals surface area contributed by atoms with Gasteiger partial charge in [0.05, 0.1) is 10.9 Å². The van der Waals surface area contributed by atoms with Gasteiger partial charge < -0.3 is 25.4 Å². The number of nitrogens with zero attached hydrogens (tertiary/aromatic N) is 1. The topological polar surface area (TPSA) is 136 Å². The lowest BCUT2D eigenvalue weighted by Gasteiger charge is -2.35. The molecular formula is C24H36N3O7+. The number of ether oxygens (including phenoxy) is 1. The van der Waals surface area contributed by atoms with Gasteiger partial charge in [-0.05, 0) is 37.5 Å². The number of carbonyl (C=O) groups excluding carboxylic acids is 5. The molecule has 0 aromatic carbocycles. The molecule has 34 heavy (non-hydrogen) atoms. The third kappa shape index (κ3) is 5.32. The van der Waals surface area contributed by atoms with Crippen LogP contribution in [0, 0.1) is 11.3 Å². The number of aliphatic hydroxyl groups excluding tert-OH is 1. The molecular weight excluding hydrogens is 442 g/mol. The van der Waals surface area contributed by atoms with E-state index in [9.17, 15) is 24.3 Å². The number of hydrogen-bond acceptors (Lipinski definition) is 6. The molecule has 2 aliphatic carbocycles. The lowest BCUT2D eigenvalue weighted by molar-refractivity contribution is -0.372. The molecule has 3 amide bonds. The lowest BCUT2D eigenvalue weighted by Crippen LogP contribution is -2.59. The summed E-state index contributed by atoms with van der Waals surface area (Å²) in [6, 6.07) is -2.00. The number of carbonyl (C=O) groups is 4. The van der Waals surface area contributed by atoms with Gasteiger partial charge in [0.25, 0.3) is 0 Å². The Morgan fingerprint density at radius 3 is 2.41 bits per heavy atom. The molecule has 1 aliphatic heterocycles. The highest BCUT2D eigenvalue weighted by molar-refractivity contribution is 5.96. The molecule has 0 spiro atoms. The van der Waals surface area contributed by atoms with E-state index < -0.39 is 53.0 Å². The van der Waals surface area contributed by atoms with E-state index in [-0.39, 0.29) is 25.0 Å². The van der Waals surface area contributed by atoms with E-state index in [1.165, 1.54) is 4.90 Å². The quantitative estimate of drug-likeness (QED) is 0.369. The van der Waals surface area contributed by atoms with Crippen molar-refractivity contribution in [2.45, 2.75) is 89.1 Å². The molecule has 0 radical (unpaired) electrons. The second-order valence-electron chi connectivity index (χ2n) is 10.6. The number of likely N-dealkylation sites (tertiary alicyclic amines) is 1. The lowest BCUT2D eigenvalue weighted by atomic mass is 9.85. The van der Waals surface area contributed by atoms with Gasteiger partial charge in [0.1, 0.15) is 18.2 Å². The van der Waals surface area contributed by atoms with Crippen molar-refractivity contribution >= 4 is 30.7 Å². The van der Waals surface area contributed by atoms with Crippen molar-refractivity contribution in [2.75, 3.05) is 6.54 Å². The summed E-state index contributed by atoms with van der Waals surface area (Å²) in [4.78, 5) is 52.8. The van der Waals surface area contributed by atoms with E-state index in [0.29, 0.717) is 6.42 Å². The smallest absolute Gasteiger partial charge is 0.446 e. The molecule has 2 saturated carbocycles. The highest BCUT2D eigenvalue weighted by Crippen LogP contribution is 2.45. The van der Waals surface area contributed by atoms with Gasteiger partial charge in [0.15, 0.2) is 6.79 Å². The Labute approximate surface area is 199 Å². The van der Waals surface area contributed by atoms with Gasteiger partial charge in [-0.1, -0.05) is 26.8 Å². The predicted molar refractivity (Wildman–Crippen MR) is 123 cm³/mol. The molecule has 188 valence electrons. The molecule has 3 fully saturated rings. The van der Waals surface area contributed by atoms with Crippen LogP contribution in [0.1, 0.15) is 59.3 Å². The summed E-state index contributed by atoms with van der Waals surface area (Å²) in [5, 5.41) is 15.7. The van der Waals surface area contributed by atoms with Crippen molar-refractivity contribution in [2.24, 2.45) is 11.3 Å². The summed E-state index contributed by atoms with van der Waals surface area (Å²) >= 11 is 0. The van der Waals surface area contributed by atoms with Crippen LogP contribution in [-0.2, 0) is 23.5 Å². The largest absolute Gasteiger partial charge is 0.605 e. The third-order valence-electron chi connectivity index (χ3n) is 6.96. The minimum absolute atomic E-state index is 0.00914. The van der Waals surface area contributed by atoms with Crippen LogP contribution in [0.5, 0.6) is 0 Å². The Kier molecular flexibility index (Phi) is 7.50. The molecule has 1 saturated heterocycles. The van der Waals surface area contributed by atoms with Crippen molar-refractivity contribution < 1.29 is 33.4 Å². The number of aliphatic hydroxyl groups is 1. The van der Waals surface area contributed by atoms with Crippen LogP contribution in [-0.4, -0.2) is 77.0 Å². The molecule has 10 heteroatoms. The van der Waals surface area contributed by atoms with E-state index in [1.54, 1.807) is 26.8 Å². The Balaban J connectivity index is 1.75. The van der Waals surface area contributed by atoms with Gasteiger partial charge in [-0.2, -0.15) is 0 Å². The second-order valence-corrected chi connectivity index (χ2v) is 10.6. The first kappa shape index (κ1) is 25.9. The van der Waals surface area contributed by atoms with Gasteiger partial charge in [0.2, 0.25) is 17.4 Å². The van der Waals surface area contributed by atoms with Crippen molar-refractivity contribution in [3.05, 3.63) is 12.7 Å². The van der Waals surface area contributed by atoms with Crippen LogP contribution >= 0.6 is 0 Å². The maximum absolute atomic E-state index is 13.6. The minimum Gasteiger partial charge on any atom is -0.446 e. The number of amides is 3. The number of alkyl carbamates (subject to hydrolysis) is 1. The summed E-state index contributed by atoms with van der Waals surface area (Å²) in [5.74, 6) is -2.08. The van der Waals surface area contributed by atoms with Crippen LogP contribution in [0.15, 0.2) is 12.7 Å². The van der Waals surface area contributed by atoms with Crippen LogP contribution in [0.3, 0.4) is 0 Å². The Bertz CT molecular complexity index is 861. The minimum atomic E-state index is -1.27. The van der Waals surface area contributed by atoms with E-state index in [2.05, 4.69) is 28.4 Å². The number of β-amino-alcohol motifs (C(OH)–C–C–N with tert-alkyl or cyclic N) is 1. The summed E-state index contributed by atoms with van der Waals surface area (Å²) in [5.41, 5.74) is -1.96. The monoisotopic (exact) mass is 478 g/mol. The molecule has 3 aliphatic rings. The molecule has 1 heterocycles. The zero-order valence-electron chi connectivity index (χ0n) is 20.2. The Morgan fingerprint density at radius 2 is 1.88 bits per heavy atom.